The molecule has 1 heterocycles. The Morgan fingerprint density at radius 1 is 1.07 bits per heavy atom. The molecule has 5 nitrogen and oxygen atoms in total. The lowest BCUT2D eigenvalue weighted by Gasteiger charge is -2.22. The maximum atomic E-state index is 13.3. The van der Waals surface area contributed by atoms with Crippen LogP contribution in [-0.4, -0.2) is 29.2 Å². The van der Waals surface area contributed by atoms with Gasteiger partial charge in [-0.1, -0.05) is 66.7 Å². The van der Waals surface area contributed by atoms with E-state index >= 15 is 0 Å². The molecule has 1 aliphatic carbocycles. The van der Waals surface area contributed by atoms with Crippen LogP contribution < -0.4 is 16.3 Å². The van der Waals surface area contributed by atoms with Gasteiger partial charge in [0.05, 0.1) is 12.2 Å². The number of carbonyl (C=O) groups is 1. The molecule has 0 unspecified atom stereocenters. The molecule has 2 radical (unpaired) electrons. The van der Waals surface area contributed by atoms with E-state index in [-0.39, 0.29) is 23.1 Å². The number of nitrogens with one attached hydrogen (secondary N) is 1. The molecule has 0 atom stereocenters. The molecular weight excluding hydrogens is 397 g/mol. The predicted molar refractivity (Wildman–Crippen MR) is 120 cm³/mol. The van der Waals surface area contributed by atoms with E-state index in [1.165, 1.54) is 11.1 Å². The monoisotopic (exact) mass is 419 g/mol. The number of rotatable bonds is 5. The van der Waals surface area contributed by atoms with Crippen LogP contribution in [0.3, 0.4) is 0 Å². The van der Waals surface area contributed by atoms with Crippen molar-refractivity contribution in [2.24, 2.45) is 0 Å². The van der Waals surface area contributed by atoms with Crippen LogP contribution in [0.4, 0.5) is 0 Å². The van der Waals surface area contributed by atoms with E-state index in [2.05, 4.69) is 5.32 Å². The minimum absolute atomic E-state index is 0.127. The van der Waals surface area contributed by atoms with E-state index in [0.29, 0.717) is 22.7 Å². The first kappa shape index (κ1) is 20.5. The third-order valence-corrected chi connectivity index (χ3v) is 5.94. The fourth-order valence-electron chi connectivity index (χ4n) is 3.96. The van der Waals surface area contributed by atoms with Crippen molar-refractivity contribution in [2.75, 3.05) is 0 Å². The van der Waals surface area contributed by atoms with Gasteiger partial charge in [-0.2, -0.15) is 0 Å². The summed E-state index contributed by atoms with van der Waals surface area (Å²) in [4.78, 5) is 26.2. The fraction of sp³-hybridized carbons (Fsp3) is 0.304. The average Bonchev–Trinajstić information content (AvgIpc) is 3.07. The van der Waals surface area contributed by atoms with Crippen molar-refractivity contribution in [3.05, 3.63) is 81.2 Å². The van der Waals surface area contributed by atoms with Crippen LogP contribution in [-0.2, 0) is 6.54 Å². The summed E-state index contributed by atoms with van der Waals surface area (Å²) < 4.78 is 3.23. The molecule has 4 rings (SSSR count). The Morgan fingerprint density at radius 3 is 2.47 bits per heavy atom. The SMILES string of the molecule is [B]c1ccc(-n2c(=O)c(C(=O)NC3CCCCC3)cn2Cc2ccccc2Cl)cc1. The molecule has 1 aromatic heterocycles. The quantitative estimate of drug-likeness (QED) is 0.646. The van der Waals surface area contributed by atoms with Gasteiger partial charge in [-0.25, -0.2) is 4.68 Å². The maximum Gasteiger partial charge on any atom is 0.284 e. The first-order valence-corrected chi connectivity index (χ1v) is 10.6. The Bertz CT molecular complexity index is 1100. The topological polar surface area (TPSA) is 56.0 Å². The van der Waals surface area contributed by atoms with Crippen LogP contribution in [0.25, 0.3) is 5.69 Å². The van der Waals surface area contributed by atoms with Crippen molar-refractivity contribution in [2.45, 2.75) is 44.7 Å². The number of halogens is 1. The van der Waals surface area contributed by atoms with Gasteiger partial charge in [0, 0.05) is 17.3 Å². The first-order chi connectivity index (χ1) is 14.5. The molecule has 0 aliphatic heterocycles. The molecule has 1 fully saturated rings. The van der Waals surface area contributed by atoms with Crippen molar-refractivity contribution < 1.29 is 4.79 Å². The van der Waals surface area contributed by atoms with E-state index in [4.69, 9.17) is 19.4 Å². The summed E-state index contributed by atoms with van der Waals surface area (Å²) in [5.74, 6) is -0.325. The van der Waals surface area contributed by atoms with Crippen molar-refractivity contribution >= 4 is 30.8 Å². The second-order valence-corrected chi connectivity index (χ2v) is 8.16. The van der Waals surface area contributed by atoms with Crippen molar-refractivity contribution in [1.82, 2.24) is 14.7 Å². The molecule has 1 aliphatic rings. The van der Waals surface area contributed by atoms with Crippen LogP contribution in [0.5, 0.6) is 0 Å². The summed E-state index contributed by atoms with van der Waals surface area (Å²) in [7, 11) is 5.81. The molecule has 7 heteroatoms. The van der Waals surface area contributed by atoms with Crippen LogP contribution in [0.2, 0.25) is 5.02 Å². The Labute approximate surface area is 182 Å². The van der Waals surface area contributed by atoms with Crippen LogP contribution in [0.15, 0.2) is 59.5 Å². The lowest BCUT2D eigenvalue weighted by molar-refractivity contribution is 0.0926. The van der Waals surface area contributed by atoms with E-state index in [1.54, 1.807) is 35.1 Å². The number of carbonyl (C=O) groups excluding carboxylic acids is 1. The molecule has 30 heavy (non-hydrogen) atoms. The van der Waals surface area contributed by atoms with E-state index < -0.39 is 0 Å². The van der Waals surface area contributed by atoms with Crippen molar-refractivity contribution in [3.63, 3.8) is 0 Å². The van der Waals surface area contributed by atoms with Gasteiger partial charge in [0.25, 0.3) is 11.5 Å². The average molecular weight is 420 g/mol. The zero-order valence-electron chi connectivity index (χ0n) is 16.7. The highest BCUT2D eigenvalue weighted by atomic mass is 35.5. The zero-order chi connectivity index (χ0) is 21.1. The highest BCUT2D eigenvalue weighted by Gasteiger charge is 2.23. The lowest BCUT2D eigenvalue weighted by atomic mass is 9.95. The van der Waals surface area contributed by atoms with Gasteiger partial charge in [0.1, 0.15) is 13.4 Å². The maximum absolute atomic E-state index is 13.3. The van der Waals surface area contributed by atoms with Gasteiger partial charge < -0.3 is 5.32 Å². The van der Waals surface area contributed by atoms with E-state index in [9.17, 15) is 9.59 Å². The molecule has 0 spiro atoms. The van der Waals surface area contributed by atoms with E-state index in [0.717, 1.165) is 31.2 Å². The molecular formula is C23H23BClN3O2. The summed E-state index contributed by atoms with van der Waals surface area (Å²) in [6, 6.07) is 14.6. The summed E-state index contributed by atoms with van der Waals surface area (Å²) in [6.07, 6.45) is 6.93. The number of nitrogens with zero attached hydrogens (tertiary/aromatic N) is 2. The van der Waals surface area contributed by atoms with Gasteiger partial charge in [-0.15, -0.1) is 0 Å². The molecule has 0 bridgehead atoms. The van der Waals surface area contributed by atoms with Crippen molar-refractivity contribution in [1.29, 1.82) is 0 Å². The molecule has 1 saturated carbocycles. The van der Waals surface area contributed by atoms with Crippen molar-refractivity contribution in [3.8, 4) is 5.69 Å². The summed E-state index contributed by atoms with van der Waals surface area (Å²) in [5, 5.41) is 3.65. The largest absolute Gasteiger partial charge is 0.349 e. The highest BCUT2D eigenvalue weighted by Crippen LogP contribution is 2.19. The predicted octanol–water partition coefficient (Wildman–Crippen LogP) is 3.20. The number of aromatic nitrogens is 2. The summed E-state index contributed by atoms with van der Waals surface area (Å²) in [5.41, 5.74) is 1.87. The van der Waals surface area contributed by atoms with Gasteiger partial charge in [0.15, 0.2) is 0 Å². The Morgan fingerprint density at radius 2 is 1.77 bits per heavy atom. The number of benzene rings is 2. The minimum Gasteiger partial charge on any atom is -0.349 e. The third-order valence-electron chi connectivity index (χ3n) is 5.57. The summed E-state index contributed by atoms with van der Waals surface area (Å²) in [6.45, 7) is 0.357. The van der Waals surface area contributed by atoms with Crippen LogP contribution >= 0.6 is 11.6 Å². The number of hydrogen-bond donors (Lipinski definition) is 1. The molecule has 1 N–H and O–H groups in total. The third kappa shape index (κ3) is 4.39. The normalized spacial score (nSPS) is 14.6. The molecule has 1 amide bonds. The number of hydrogen-bond acceptors (Lipinski definition) is 2. The van der Waals surface area contributed by atoms with Gasteiger partial charge in [-0.05, 0) is 36.6 Å². The zero-order valence-corrected chi connectivity index (χ0v) is 17.4. The Hall–Kier alpha value is -2.73. The standard InChI is InChI=1S/C23H23BClN3O2/c24-17-10-12-19(13-11-17)28-23(30)20(22(29)26-18-7-2-1-3-8-18)15-27(28)14-16-6-4-5-9-21(16)25/h4-6,9-13,15,18H,1-3,7-8,14H2,(H,26,29). The highest BCUT2D eigenvalue weighted by molar-refractivity contribution is 6.32. The fourth-order valence-corrected chi connectivity index (χ4v) is 4.15. The Balaban J connectivity index is 1.72. The Kier molecular flexibility index (Phi) is 6.14. The van der Waals surface area contributed by atoms with Gasteiger partial charge >= 0.3 is 0 Å². The molecule has 3 aromatic rings. The van der Waals surface area contributed by atoms with E-state index in [1.807, 2.05) is 24.3 Å². The molecule has 0 saturated heterocycles. The lowest BCUT2D eigenvalue weighted by Crippen LogP contribution is -2.38. The van der Waals surface area contributed by atoms with Gasteiger partial charge in [-0.3, -0.25) is 14.3 Å². The second-order valence-electron chi connectivity index (χ2n) is 7.75. The first-order valence-electron chi connectivity index (χ1n) is 10.3. The smallest absolute Gasteiger partial charge is 0.284 e. The number of amides is 1. The minimum atomic E-state index is -0.361. The molecule has 152 valence electrons. The van der Waals surface area contributed by atoms with Crippen LogP contribution in [0, 0.1) is 0 Å². The summed E-state index contributed by atoms with van der Waals surface area (Å²) >= 11 is 6.33. The second kappa shape index (κ2) is 8.96. The molecule has 2 aromatic carbocycles. The van der Waals surface area contributed by atoms with Gasteiger partial charge in [0.2, 0.25) is 0 Å². The van der Waals surface area contributed by atoms with Crippen LogP contribution in [0.1, 0.15) is 48.0 Å².